The van der Waals surface area contributed by atoms with Crippen LogP contribution in [0.25, 0.3) is 0 Å². The Morgan fingerprint density at radius 3 is 2.06 bits per heavy atom. The van der Waals surface area contributed by atoms with Crippen LogP contribution in [-0.4, -0.2) is 48.7 Å². The van der Waals surface area contributed by atoms with Crippen LogP contribution in [-0.2, 0) is 13.7 Å². The largest absolute Gasteiger partial charge is 0.493 e. The molecule has 0 N–H and O–H groups in total. The number of imidazole rings is 1. The summed E-state index contributed by atoms with van der Waals surface area (Å²) >= 11 is 0. The molecule has 1 aromatic heterocycles. The van der Waals surface area contributed by atoms with E-state index in [0.717, 1.165) is 0 Å². The number of methoxy groups -OCH3 is 4. The molecule has 3 rings (SSSR count). The highest BCUT2D eigenvalue weighted by Gasteiger charge is 2.21. The summed E-state index contributed by atoms with van der Waals surface area (Å²) in [6.45, 7) is -0.0183. The van der Waals surface area contributed by atoms with Gasteiger partial charge in [0.2, 0.25) is 5.75 Å². The summed E-state index contributed by atoms with van der Waals surface area (Å²) in [7, 11) is 7.40. The summed E-state index contributed by atoms with van der Waals surface area (Å²) < 4.78 is 28.4. The highest BCUT2D eigenvalue weighted by molar-refractivity contribution is 6.10. The number of hydrogen-bond donors (Lipinski definition) is 0. The van der Waals surface area contributed by atoms with Gasteiger partial charge in [0, 0.05) is 11.1 Å². The van der Waals surface area contributed by atoms with Gasteiger partial charge < -0.3 is 33.8 Å². The fraction of sp³-hybridized carbons (Fsp3) is 0.273. The first-order valence-corrected chi connectivity index (χ1v) is 9.65. The van der Waals surface area contributed by atoms with Crippen LogP contribution in [0.1, 0.15) is 21.6 Å². The molecule has 0 fully saturated rings. The Labute approximate surface area is 189 Å². The number of aromatic nitrogens is 2. The van der Waals surface area contributed by atoms with Crippen molar-refractivity contribution < 1.29 is 33.4 Å². The molecule has 0 aliphatic rings. The smallest absolute Gasteiger partial charge is 0.434 e. The number of hydrogen-bond acceptors (Lipinski definition) is 9. The van der Waals surface area contributed by atoms with Gasteiger partial charge in [-0.2, -0.15) is 0 Å². The van der Waals surface area contributed by atoms with E-state index in [4.69, 9.17) is 23.7 Å². The van der Waals surface area contributed by atoms with E-state index in [1.165, 1.54) is 52.3 Å². The lowest BCUT2D eigenvalue weighted by Gasteiger charge is -2.14. The Bertz CT molecular complexity index is 1160. The maximum Gasteiger partial charge on any atom is 0.434 e. The average Bonchev–Trinajstić information content (AvgIpc) is 3.21. The molecule has 11 heteroatoms. The number of nitro groups is 1. The summed E-state index contributed by atoms with van der Waals surface area (Å²) in [4.78, 5) is 27.4. The first-order valence-electron chi connectivity index (χ1n) is 9.65. The van der Waals surface area contributed by atoms with Crippen LogP contribution in [0.4, 0.5) is 5.95 Å². The van der Waals surface area contributed by atoms with E-state index in [-0.39, 0.29) is 18.3 Å². The third-order valence-corrected chi connectivity index (χ3v) is 4.95. The number of ether oxygens (including phenoxy) is 5. The van der Waals surface area contributed by atoms with Crippen molar-refractivity contribution >= 4 is 11.7 Å². The Hall–Kier alpha value is -4.28. The van der Waals surface area contributed by atoms with E-state index in [1.807, 2.05) is 0 Å². The topological polar surface area (TPSA) is 124 Å². The van der Waals surface area contributed by atoms with Crippen LogP contribution >= 0.6 is 0 Å². The predicted molar refractivity (Wildman–Crippen MR) is 117 cm³/mol. The molecular formula is C22H23N3O8. The highest BCUT2D eigenvalue weighted by Crippen LogP contribution is 2.39. The molecule has 0 aliphatic heterocycles. The second-order valence-corrected chi connectivity index (χ2v) is 6.76. The van der Waals surface area contributed by atoms with Crippen molar-refractivity contribution in [2.75, 3.05) is 28.4 Å². The van der Waals surface area contributed by atoms with Gasteiger partial charge in [-0.1, -0.05) is 4.98 Å². The molecule has 0 radical (unpaired) electrons. The summed E-state index contributed by atoms with van der Waals surface area (Å²) in [6.07, 6.45) is 1.36. The van der Waals surface area contributed by atoms with E-state index in [9.17, 15) is 14.9 Å². The maximum absolute atomic E-state index is 13.2. The average molecular weight is 457 g/mol. The van der Waals surface area contributed by atoms with Gasteiger partial charge in [-0.15, -0.1) is 0 Å². The van der Waals surface area contributed by atoms with Crippen molar-refractivity contribution in [1.82, 2.24) is 9.55 Å². The monoisotopic (exact) mass is 457 g/mol. The lowest BCUT2D eigenvalue weighted by Crippen LogP contribution is -2.07. The minimum Gasteiger partial charge on any atom is -0.493 e. The number of ketones is 1. The van der Waals surface area contributed by atoms with E-state index >= 15 is 0 Å². The zero-order valence-electron chi connectivity index (χ0n) is 18.8. The Morgan fingerprint density at radius 1 is 0.939 bits per heavy atom. The lowest BCUT2D eigenvalue weighted by atomic mass is 10.0. The van der Waals surface area contributed by atoms with E-state index in [0.29, 0.717) is 45.6 Å². The molecule has 2 aromatic carbocycles. The third kappa shape index (κ3) is 4.66. The third-order valence-electron chi connectivity index (χ3n) is 4.95. The molecule has 11 nitrogen and oxygen atoms in total. The van der Waals surface area contributed by atoms with Crippen molar-refractivity contribution in [2.45, 2.75) is 6.61 Å². The summed E-state index contributed by atoms with van der Waals surface area (Å²) in [5, 5.41) is 11.0. The number of benzene rings is 2. The molecule has 0 bridgehead atoms. The van der Waals surface area contributed by atoms with Crippen LogP contribution < -0.4 is 23.7 Å². The van der Waals surface area contributed by atoms with Crippen molar-refractivity contribution in [1.29, 1.82) is 0 Å². The first-order chi connectivity index (χ1) is 15.8. The molecule has 33 heavy (non-hydrogen) atoms. The molecule has 0 saturated carbocycles. The first kappa shape index (κ1) is 23.4. The van der Waals surface area contributed by atoms with Crippen LogP contribution in [0, 0.1) is 10.1 Å². The molecule has 0 spiro atoms. The summed E-state index contributed by atoms with van der Waals surface area (Å²) in [6, 6.07) is 7.86. The minimum atomic E-state index is -0.583. The van der Waals surface area contributed by atoms with Crippen molar-refractivity contribution in [3.63, 3.8) is 0 Å². The van der Waals surface area contributed by atoms with Gasteiger partial charge in [0.1, 0.15) is 12.8 Å². The van der Waals surface area contributed by atoms with Crippen molar-refractivity contribution in [3.8, 4) is 28.7 Å². The Kier molecular flexibility index (Phi) is 7.01. The van der Waals surface area contributed by atoms with Crippen molar-refractivity contribution in [3.05, 3.63) is 63.5 Å². The van der Waals surface area contributed by atoms with Gasteiger partial charge in [0.15, 0.2) is 34.5 Å². The normalized spacial score (nSPS) is 10.5. The van der Waals surface area contributed by atoms with Crippen molar-refractivity contribution in [2.24, 2.45) is 7.05 Å². The van der Waals surface area contributed by atoms with E-state index in [2.05, 4.69) is 4.98 Å². The van der Waals surface area contributed by atoms with Gasteiger partial charge in [-0.05, 0) is 35.3 Å². The van der Waals surface area contributed by atoms with E-state index < -0.39 is 4.92 Å². The van der Waals surface area contributed by atoms with Crippen LogP contribution in [0.5, 0.6) is 28.7 Å². The molecule has 0 aliphatic carbocycles. The maximum atomic E-state index is 13.2. The number of carbonyl (C=O) groups excluding carboxylic acids is 1. The van der Waals surface area contributed by atoms with Crippen LogP contribution in [0.2, 0.25) is 0 Å². The second kappa shape index (κ2) is 9.90. The van der Waals surface area contributed by atoms with Gasteiger partial charge in [-0.25, -0.2) is 4.57 Å². The highest BCUT2D eigenvalue weighted by atomic mass is 16.6. The number of nitrogens with zero attached hydrogens (tertiary/aromatic N) is 3. The predicted octanol–water partition coefficient (Wildman–Crippen LogP) is 3.17. The van der Waals surface area contributed by atoms with E-state index in [1.54, 1.807) is 24.3 Å². The standard InChI is InChI=1S/C22H23N3O8/c1-24-15(11-23-22(24)25(27)28)12-33-17-8-13(6-7-16(17)29-2)20(26)14-9-18(30-3)21(32-5)19(10-14)31-4/h6-11H,12H2,1-5H3. The molecule has 174 valence electrons. The minimum absolute atomic E-state index is 0.0183. The van der Waals surface area contributed by atoms with Gasteiger partial charge in [0.25, 0.3) is 0 Å². The molecular weight excluding hydrogens is 434 g/mol. The molecule has 0 saturated heterocycles. The zero-order chi connectivity index (χ0) is 24.1. The Balaban J connectivity index is 1.92. The SMILES string of the molecule is COc1ccc(C(=O)c2cc(OC)c(OC)c(OC)c2)cc1OCc1cnc([N+](=O)[O-])n1C. The fourth-order valence-corrected chi connectivity index (χ4v) is 3.20. The molecule has 0 unspecified atom stereocenters. The zero-order valence-corrected chi connectivity index (χ0v) is 18.8. The number of rotatable bonds is 10. The summed E-state index contributed by atoms with van der Waals surface area (Å²) in [5.41, 5.74) is 1.13. The fourth-order valence-electron chi connectivity index (χ4n) is 3.20. The Morgan fingerprint density at radius 2 is 1.55 bits per heavy atom. The quantitative estimate of drug-likeness (QED) is 0.256. The second-order valence-electron chi connectivity index (χ2n) is 6.76. The summed E-state index contributed by atoms with van der Waals surface area (Å²) in [5.74, 6) is 1.16. The molecule has 3 aromatic rings. The lowest BCUT2D eigenvalue weighted by molar-refractivity contribution is -0.396. The van der Waals surface area contributed by atoms with Crippen LogP contribution in [0.15, 0.2) is 36.5 Å². The van der Waals surface area contributed by atoms with Gasteiger partial charge in [0.05, 0.1) is 35.5 Å². The number of carbonyl (C=O) groups is 1. The molecule has 0 amide bonds. The van der Waals surface area contributed by atoms with Gasteiger partial charge >= 0.3 is 5.95 Å². The van der Waals surface area contributed by atoms with Gasteiger partial charge in [-0.3, -0.25) is 4.79 Å². The molecule has 0 atom stereocenters. The molecule has 1 heterocycles. The van der Waals surface area contributed by atoms with Crippen LogP contribution in [0.3, 0.4) is 0 Å².